The largest absolute Gasteiger partial charge is 0.464 e. The summed E-state index contributed by atoms with van der Waals surface area (Å²) in [6.07, 6.45) is 3.26. The summed E-state index contributed by atoms with van der Waals surface area (Å²) in [5.74, 6) is 3.18. The number of anilines is 1. The van der Waals surface area contributed by atoms with Gasteiger partial charge in [-0.1, -0.05) is 51.8 Å². The summed E-state index contributed by atoms with van der Waals surface area (Å²) in [5, 5.41) is 7.96. The molecule has 34 heavy (non-hydrogen) atoms. The van der Waals surface area contributed by atoms with Gasteiger partial charge in [0.2, 0.25) is 0 Å². The lowest BCUT2D eigenvalue weighted by Gasteiger charge is -2.21. The Morgan fingerprint density at radius 3 is 2.53 bits per heavy atom. The van der Waals surface area contributed by atoms with E-state index in [0.29, 0.717) is 12.5 Å². The fourth-order valence-corrected chi connectivity index (χ4v) is 4.16. The van der Waals surface area contributed by atoms with Crippen LogP contribution >= 0.6 is 0 Å². The van der Waals surface area contributed by atoms with Crippen LogP contribution in [0.15, 0.2) is 53.1 Å². The van der Waals surface area contributed by atoms with E-state index in [0.717, 1.165) is 74.0 Å². The molecule has 0 saturated carbocycles. The molecular weight excluding hydrogens is 439 g/mol. The minimum atomic E-state index is -4.30. The minimum absolute atomic E-state index is 0.144. The van der Waals surface area contributed by atoms with E-state index in [1.807, 2.05) is 35.1 Å². The van der Waals surface area contributed by atoms with Gasteiger partial charge in [0.15, 0.2) is 0 Å². The third-order valence-electron chi connectivity index (χ3n) is 6.26. The zero-order valence-corrected chi connectivity index (χ0v) is 20.4. The summed E-state index contributed by atoms with van der Waals surface area (Å²) in [6.45, 7) is 7.70. The van der Waals surface area contributed by atoms with E-state index in [1.54, 1.807) is 0 Å². The predicted molar refractivity (Wildman–Crippen MR) is 130 cm³/mol. The molecule has 0 bridgehead atoms. The van der Waals surface area contributed by atoms with Crippen LogP contribution in [0.5, 0.6) is 0 Å². The first-order chi connectivity index (χ1) is 16.3. The highest BCUT2D eigenvalue weighted by Crippen LogP contribution is 2.34. The van der Waals surface area contributed by atoms with Crippen LogP contribution in [-0.4, -0.2) is 16.3 Å². The van der Waals surface area contributed by atoms with Crippen molar-refractivity contribution in [2.75, 3.05) is 11.9 Å². The molecule has 186 valence electrons. The monoisotopic (exact) mass is 475 g/mol. The SMILES string of the molecule is CCCCC(CCC(C)CNc1ccn(Cc2ccc(CC)o2)n1)c1cccc(C(F)(F)F)c1. The van der Waals surface area contributed by atoms with Gasteiger partial charge in [0, 0.05) is 25.2 Å². The second-order valence-electron chi connectivity index (χ2n) is 9.15. The summed E-state index contributed by atoms with van der Waals surface area (Å²) in [5.41, 5.74) is 0.239. The molecule has 0 radical (unpaired) electrons. The van der Waals surface area contributed by atoms with Crippen molar-refractivity contribution in [3.05, 3.63) is 71.3 Å². The van der Waals surface area contributed by atoms with Gasteiger partial charge in [0.05, 0.1) is 12.1 Å². The lowest BCUT2D eigenvalue weighted by atomic mass is 9.86. The van der Waals surface area contributed by atoms with E-state index in [1.165, 1.54) is 12.1 Å². The number of halogens is 3. The molecule has 3 aromatic rings. The topological polar surface area (TPSA) is 43.0 Å². The average molecular weight is 476 g/mol. The van der Waals surface area contributed by atoms with E-state index < -0.39 is 11.7 Å². The maximum atomic E-state index is 13.2. The highest BCUT2D eigenvalue weighted by molar-refractivity contribution is 5.32. The number of furan rings is 1. The summed E-state index contributed by atoms with van der Waals surface area (Å²) < 4.78 is 47.1. The second-order valence-corrected chi connectivity index (χ2v) is 9.15. The zero-order chi connectivity index (χ0) is 24.6. The van der Waals surface area contributed by atoms with Gasteiger partial charge in [-0.25, -0.2) is 0 Å². The van der Waals surface area contributed by atoms with Crippen molar-refractivity contribution in [2.45, 2.75) is 77.9 Å². The van der Waals surface area contributed by atoms with E-state index >= 15 is 0 Å². The van der Waals surface area contributed by atoms with Gasteiger partial charge in [0.1, 0.15) is 17.3 Å². The molecule has 0 spiro atoms. The fourth-order valence-electron chi connectivity index (χ4n) is 4.16. The summed E-state index contributed by atoms with van der Waals surface area (Å²) in [6, 6.07) is 11.8. The number of rotatable bonds is 13. The number of aryl methyl sites for hydroxylation is 1. The molecule has 0 saturated heterocycles. The lowest BCUT2D eigenvalue weighted by Crippen LogP contribution is -2.14. The van der Waals surface area contributed by atoms with Gasteiger partial charge in [-0.15, -0.1) is 0 Å². The number of benzene rings is 1. The standard InChI is InChI=1S/C27H36F3N3O/c1-4-6-8-21(22-9-7-10-23(17-22)27(28,29)30)12-11-20(3)18-31-26-15-16-33(32-26)19-25-14-13-24(5-2)34-25/h7,9-10,13-17,20-21H,4-6,8,11-12,18-19H2,1-3H3,(H,31,32). The van der Waals surface area contributed by atoms with Crippen molar-refractivity contribution in [2.24, 2.45) is 5.92 Å². The Labute approximate surface area is 200 Å². The Kier molecular flexibility index (Phi) is 9.25. The molecule has 0 amide bonds. The number of nitrogens with zero attached hydrogens (tertiary/aromatic N) is 2. The van der Waals surface area contributed by atoms with E-state index in [2.05, 4.69) is 31.2 Å². The molecule has 0 fully saturated rings. The highest BCUT2D eigenvalue weighted by atomic mass is 19.4. The molecule has 2 aromatic heterocycles. The number of unbranched alkanes of at least 4 members (excludes halogenated alkanes) is 1. The molecular formula is C27H36F3N3O. The molecule has 1 aromatic carbocycles. The Bertz CT molecular complexity index is 1010. The molecule has 0 aliphatic rings. The first-order valence-electron chi connectivity index (χ1n) is 12.3. The van der Waals surface area contributed by atoms with Crippen LogP contribution in [0.3, 0.4) is 0 Å². The Balaban J connectivity index is 1.51. The first-order valence-corrected chi connectivity index (χ1v) is 12.3. The zero-order valence-electron chi connectivity index (χ0n) is 20.4. The Morgan fingerprint density at radius 2 is 1.82 bits per heavy atom. The molecule has 2 unspecified atom stereocenters. The normalized spacial score (nSPS) is 13.7. The van der Waals surface area contributed by atoms with Crippen LogP contribution in [0.25, 0.3) is 0 Å². The second kappa shape index (κ2) is 12.1. The van der Waals surface area contributed by atoms with Crippen LogP contribution in [0.2, 0.25) is 0 Å². The van der Waals surface area contributed by atoms with Gasteiger partial charge in [-0.3, -0.25) is 4.68 Å². The Hall–Kier alpha value is -2.70. The van der Waals surface area contributed by atoms with Crippen molar-refractivity contribution in [3.63, 3.8) is 0 Å². The van der Waals surface area contributed by atoms with Crippen molar-refractivity contribution in [3.8, 4) is 0 Å². The number of hydrogen-bond acceptors (Lipinski definition) is 3. The highest BCUT2D eigenvalue weighted by Gasteiger charge is 2.31. The maximum Gasteiger partial charge on any atom is 0.416 e. The number of nitrogens with one attached hydrogen (secondary N) is 1. The van der Waals surface area contributed by atoms with Gasteiger partial charge in [-0.2, -0.15) is 18.3 Å². The lowest BCUT2D eigenvalue weighted by molar-refractivity contribution is -0.137. The van der Waals surface area contributed by atoms with Gasteiger partial charge in [0.25, 0.3) is 0 Å². The molecule has 0 aliphatic heterocycles. The van der Waals surface area contributed by atoms with E-state index in [4.69, 9.17) is 4.42 Å². The molecule has 2 heterocycles. The molecule has 7 heteroatoms. The predicted octanol–water partition coefficient (Wildman–Crippen LogP) is 7.91. The summed E-state index contributed by atoms with van der Waals surface area (Å²) in [4.78, 5) is 0. The van der Waals surface area contributed by atoms with Crippen molar-refractivity contribution in [1.29, 1.82) is 0 Å². The third-order valence-corrected chi connectivity index (χ3v) is 6.26. The molecule has 1 N–H and O–H groups in total. The van der Waals surface area contributed by atoms with Crippen molar-refractivity contribution < 1.29 is 17.6 Å². The number of alkyl halides is 3. The van der Waals surface area contributed by atoms with Crippen molar-refractivity contribution in [1.82, 2.24) is 9.78 Å². The third kappa shape index (κ3) is 7.67. The van der Waals surface area contributed by atoms with Crippen LogP contribution in [0, 0.1) is 5.92 Å². The maximum absolute atomic E-state index is 13.2. The van der Waals surface area contributed by atoms with Crippen molar-refractivity contribution >= 4 is 5.82 Å². The molecule has 2 atom stereocenters. The van der Waals surface area contributed by atoms with Crippen LogP contribution in [0.4, 0.5) is 19.0 Å². The molecule has 4 nitrogen and oxygen atoms in total. The Morgan fingerprint density at radius 1 is 1.03 bits per heavy atom. The fraction of sp³-hybridized carbons (Fsp3) is 0.519. The van der Waals surface area contributed by atoms with Gasteiger partial charge < -0.3 is 9.73 Å². The van der Waals surface area contributed by atoms with Gasteiger partial charge in [-0.05, 0) is 54.9 Å². The van der Waals surface area contributed by atoms with Crippen LogP contribution in [-0.2, 0) is 19.1 Å². The number of aromatic nitrogens is 2. The summed E-state index contributed by atoms with van der Waals surface area (Å²) in [7, 11) is 0. The smallest absolute Gasteiger partial charge is 0.416 e. The minimum Gasteiger partial charge on any atom is -0.464 e. The van der Waals surface area contributed by atoms with Crippen LogP contribution < -0.4 is 5.32 Å². The quantitative estimate of drug-likeness (QED) is 0.273. The average Bonchev–Trinajstić information content (AvgIpc) is 3.46. The molecule has 0 aliphatic carbocycles. The van der Waals surface area contributed by atoms with E-state index in [-0.39, 0.29) is 5.92 Å². The van der Waals surface area contributed by atoms with Crippen LogP contribution in [0.1, 0.15) is 81.4 Å². The van der Waals surface area contributed by atoms with E-state index in [9.17, 15) is 13.2 Å². The first kappa shape index (κ1) is 25.9. The van der Waals surface area contributed by atoms with Gasteiger partial charge >= 0.3 is 6.18 Å². The molecule has 3 rings (SSSR count). The summed E-state index contributed by atoms with van der Waals surface area (Å²) >= 11 is 0. The number of hydrogen-bond donors (Lipinski definition) is 1.